The smallest absolute Gasteiger partial charge is 0.182 e. The number of aliphatic hydroxyl groups is 6. The van der Waals surface area contributed by atoms with Gasteiger partial charge in [-0.1, -0.05) is 58.4 Å². The van der Waals surface area contributed by atoms with E-state index in [1.165, 1.54) is 19.3 Å². The van der Waals surface area contributed by atoms with Gasteiger partial charge in [0.25, 0.3) is 0 Å². The second-order valence-electron chi connectivity index (χ2n) is 21.6. The fraction of sp³-hybridized carbons (Fsp3) is 0.857. The first-order valence-corrected chi connectivity index (χ1v) is 24.3. The van der Waals surface area contributed by atoms with E-state index in [1.807, 2.05) is 18.4 Å². The number of aliphatic hydroxyl groups excluding tert-OH is 4. The first-order chi connectivity index (χ1) is 28.6. The minimum absolute atomic E-state index is 0.0627. The number of nitrogens with one attached hydrogen (secondary N) is 2. The summed E-state index contributed by atoms with van der Waals surface area (Å²) in [6, 6.07) is 0. The molecular weight excluding hydrogens is 759 g/mol. The number of ketones is 1. The Balaban J connectivity index is 1.20. The third-order valence-electron chi connectivity index (χ3n) is 18.4. The number of allylic oxidation sites excluding steroid dienone is 3. The van der Waals surface area contributed by atoms with Crippen LogP contribution in [0.15, 0.2) is 35.2 Å². The molecule has 0 aromatic heterocycles. The number of Topliss-reactive ketones (excluding diaryl/α,β-unsaturated/α-hetero) is 1. The molecule has 11 heteroatoms. The molecule has 0 bridgehead atoms. The van der Waals surface area contributed by atoms with Gasteiger partial charge in [-0.25, -0.2) is 0 Å². The summed E-state index contributed by atoms with van der Waals surface area (Å²) in [6.07, 6.45) is 16.6. The van der Waals surface area contributed by atoms with Crippen molar-refractivity contribution >= 4 is 5.78 Å². The molecule has 1 unspecified atom stereocenters. The molecule has 8 aliphatic rings. The van der Waals surface area contributed by atoms with Gasteiger partial charge in [0, 0.05) is 24.1 Å². The zero-order valence-corrected chi connectivity index (χ0v) is 37.0. The Morgan fingerprint density at radius 2 is 1.77 bits per heavy atom. The van der Waals surface area contributed by atoms with Crippen molar-refractivity contribution in [2.24, 2.45) is 58.0 Å². The number of ether oxygens (including phenoxy) is 1. The average molecular weight is 838 g/mol. The van der Waals surface area contributed by atoms with Gasteiger partial charge in [-0.05, 0) is 155 Å². The highest BCUT2D eigenvalue weighted by molar-refractivity contribution is 6.00. The van der Waals surface area contributed by atoms with Crippen LogP contribution in [-0.4, -0.2) is 97.0 Å². The second-order valence-corrected chi connectivity index (χ2v) is 21.6. The van der Waals surface area contributed by atoms with Gasteiger partial charge in [0.1, 0.15) is 6.10 Å². The largest absolute Gasteiger partial charge is 0.392 e. The minimum atomic E-state index is -1.59. The zero-order valence-electron chi connectivity index (χ0n) is 37.0. The van der Waals surface area contributed by atoms with Crippen LogP contribution in [0.1, 0.15) is 150 Å². The van der Waals surface area contributed by atoms with Crippen LogP contribution in [0.3, 0.4) is 0 Å². The van der Waals surface area contributed by atoms with Gasteiger partial charge in [0.15, 0.2) is 5.78 Å². The topological polar surface area (TPSA) is 198 Å². The molecule has 5 saturated carbocycles. The van der Waals surface area contributed by atoms with Crippen LogP contribution in [0.2, 0.25) is 0 Å². The molecule has 6 aliphatic carbocycles. The number of carbonyl (C=O) groups is 1. The highest BCUT2D eigenvalue weighted by Gasteiger charge is 2.74. The minimum Gasteiger partial charge on any atom is -0.392 e. The zero-order chi connectivity index (χ0) is 42.8. The summed E-state index contributed by atoms with van der Waals surface area (Å²) in [5.74, 6) is -0.317. The van der Waals surface area contributed by atoms with Crippen LogP contribution in [0, 0.1) is 52.3 Å². The molecule has 8 rings (SSSR count). The summed E-state index contributed by atoms with van der Waals surface area (Å²) in [5, 5.41) is 79.9. The average Bonchev–Trinajstić information content (AvgIpc) is 3.64. The Bertz CT molecular complexity index is 1660. The molecule has 60 heavy (non-hydrogen) atoms. The van der Waals surface area contributed by atoms with Crippen LogP contribution in [0.25, 0.3) is 0 Å². The van der Waals surface area contributed by atoms with Gasteiger partial charge in [-0.15, -0.1) is 0 Å². The fourth-order valence-electron chi connectivity index (χ4n) is 15.5. The van der Waals surface area contributed by atoms with E-state index < -0.39 is 64.4 Å². The molecule has 0 amide bonds. The molecule has 0 spiro atoms. The van der Waals surface area contributed by atoms with E-state index in [0.717, 1.165) is 62.9 Å². The molecule has 338 valence electrons. The van der Waals surface area contributed by atoms with Gasteiger partial charge in [0.2, 0.25) is 0 Å². The van der Waals surface area contributed by atoms with Gasteiger partial charge in [-0.3, -0.25) is 4.79 Å². The number of dihydropyridines is 1. The highest BCUT2D eigenvalue weighted by atomic mass is 16.5. The Labute approximate surface area is 359 Å². The van der Waals surface area contributed by atoms with Gasteiger partial charge in [0.05, 0.1) is 53.6 Å². The number of rotatable bonds is 12. The normalized spacial score (nSPS) is 45.3. The maximum Gasteiger partial charge on any atom is 0.182 e. The highest BCUT2D eigenvalue weighted by Crippen LogP contribution is 2.73. The quantitative estimate of drug-likeness (QED) is 0.124. The van der Waals surface area contributed by atoms with Crippen LogP contribution in [0.4, 0.5) is 0 Å². The van der Waals surface area contributed by atoms with Crippen molar-refractivity contribution in [2.45, 2.75) is 204 Å². The van der Waals surface area contributed by atoms with Crippen molar-refractivity contribution in [3.63, 3.8) is 0 Å². The summed E-state index contributed by atoms with van der Waals surface area (Å²) in [6.45, 7) is 8.07. The molecule has 0 aromatic carbocycles. The molecule has 10 N–H and O–H groups in total. The number of hydrogen-bond acceptors (Lipinski definition) is 11. The lowest BCUT2D eigenvalue weighted by atomic mass is 9.41. The van der Waals surface area contributed by atoms with Crippen LogP contribution in [0.5, 0.6) is 0 Å². The third-order valence-corrected chi connectivity index (χ3v) is 18.4. The Kier molecular flexibility index (Phi) is 12.9. The summed E-state index contributed by atoms with van der Waals surface area (Å²) in [5.41, 5.74) is 3.49. The maximum atomic E-state index is 15.3. The van der Waals surface area contributed by atoms with E-state index in [0.29, 0.717) is 55.7 Å². The first kappa shape index (κ1) is 44.8. The number of nitrogens with two attached hydrogens (primary N) is 1. The lowest BCUT2D eigenvalue weighted by molar-refractivity contribution is -0.220. The second kappa shape index (κ2) is 17.3. The van der Waals surface area contributed by atoms with Crippen molar-refractivity contribution < 1.29 is 40.2 Å². The summed E-state index contributed by atoms with van der Waals surface area (Å²) < 4.78 is 6.85. The first-order valence-electron chi connectivity index (χ1n) is 24.3. The number of hydrogen-bond donors (Lipinski definition) is 9. The van der Waals surface area contributed by atoms with E-state index in [9.17, 15) is 30.6 Å². The molecule has 0 aromatic rings. The molecule has 2 heterocycles. The predicted octanol–water partition coefficient (Wildman–Crippen LogP) is 5.26. The van der Waals surface area contributed by atoms with E-state index in [-0.39, 0.29) is 55.2 Å². The van der Waals surface area contributed by atoms with Gasteiger partial charge < -0.3 is 51.7 Å². The van der Waals surface area contributed by atoms with Crippen molar-refractivity contribution in [2.75, 3.05) is 6.54 Å². The Morgan fingerprint density at radius 3 is 2.47 bits per heavy atom. The Hall–Kier alpha value is -1.83. The summed E-state index contributed by atoms with van der Waals surface area (Å²) in [4.78, 5) is 15.3. The SMILES string of the molecule is CCC[C@@H]1CC[C@H]2[C@H](C)[C@H]([C@@H](O)[C@](C)(O)[C@H]3CC[C@@]4(O)C5=C(NC[C@H](C)O)C(=O)[C@@H]6C[C@@H](O)[C@@H](O)C[C@]6(CCC6=CNC(N)C=C6)[C@H]5CC[C@]34C3CCCCC3)O[C@@H]2CC1. The molecular formula is C49H79N3O8. The van der Waals surface area contributed by atoms with E-state index in [2.05, 4.69) is 24.5 Å². The van der Waals surface area contributed by atoms with E-state index in [4.69, 9.17) is 10.5 Å². The molecule has 1 saturated heterocycles. The summed E-state index contributed by atoms with van der Waals surface area (Å²) in [7, 11) is 0. The van der Waals surface area contributed by atoms with Crippen LogP contribution in [-0.2, 0) is 9.53 Å². The summed E-state index contributed by atoms with van der Waals surface area (Å²) >= 11 is 0. The third kappa shape index (κ3) is 7.38. The van der Waals surface area contributed by atoms with E-state index >= 15 is 4.79 Å². The molecule has 11 nitrogen and oxygen atoms in total. The molecule has 17 atom stereocenters. The number of carbonyl (C=O) groups excluding carboxylic acids is 1. The molecule has 2 aliphatic heterocycles. The van der Waals surface area contributed by atoms with Crippen molar-refractivity contribution in [3.05, 3.63) is 35.2 Å². The van der Waals surface area contributed by atoms with Crippen LogP contribution < -0.4 is 16.4 Å². The lowest BCUT2D eigenvalue weighted by Crippen LogP contribution is -2.68. The Morgan fingerprint density at radius 1 is 1.02 bits per heavy atom. The van der Waals surface area contributed by atoms with Crippen molar-refractivity contribution in [1.82, 2.24) is 10.6 Å². The van der Waals surface area contributed by atoms with Gasteiger partial charge in [-0.2, -0.15) is 0 Å². The van der Waals surface area contributed by atoms with Crippen LogP contribution >= 0.6 is 0 Å². The standard InChI is InChI=1S/C49H79N3O8/c1-5-9-30-12-15-33-29(3)44(60-38(33)16-13-30)45(57)46(4,58)39-20-23-49(59)41-34(19-22-48(39,49)32-10-7-6-8-11-32)47(21-18-31-14-17-40(50)51-27-31)25-37(55)36(54)24-35(47)43(56)42(41)52-26-28(2)53/h14,17,27-30,32-40,44-45,51-55,57-59H,5-13,15-16,18-26,50H2,1-4H3/t28-,29-,30+,33-,34-,35-,36+,37-,38+,39+,40?,44+,45+,46+,47+,48-,49+/m0/s1. The molecule has 0 radical (unpaired) electrons. The maximum absolute atomic E-state index is 15.3. The van der Waals surface area contributed by atoms with Crippen molar-refractivity contribution in [3.8, 4) is 0 Å². The van der Waals surface area contributed by atoms with Crippen molar-refractivity contribution in [1.29, 1.82) is 0 Å². The van der Waals surface area contributed by atoms with E-state index in [1.54, 1.807) is 13.8 Å². The number of fused-ring (bicyclic) bond motifs is 6. The van der Waals surface area contributed by atoms with Gasteiger partial charge >= 0.3 is 0 Å². The fourth-order valence-corrected chi connectivity index (χ4v) is 15.5. The molecule has 6 fully saturated rings. The lowest BCUT2D eigenvalue weighted by Gasteiger charge is -2.65. The monoisotopic (exact) mass is 838 g/mol. The predicted molar refractivity (Wildman–Crippen MR) is 231 cm³/mol.